The third kappa shape index (κ3) is 5.89. The summed E-state index contributed by atoms with van der Waals surface area (Å²) < 4.78 is 32.5. The van der Waals surface area contributed by atoms with Gasteiger partial charge in [-0.1, -0.05) is 46.3 Å². The molecule has 0 aliphatic carbocycles. The smallest absolute Gasteiger partial charge is 0.422 e. The fraction of sp³-hybridized carbons (Fsp3) is 0.417. The van der Waals surface area contributed by atoms with Crippen LogP contribution in [0.3, 0.4) is 0 Å². The highest BCUT2D eigenvalue weighted by Crippen LogP contribution is 2.15. The molecule has 1 amide bonds. The highest BCUT2D eigenvalue weighted by atomic mass is 79.9. The van der Waals surface area contributed by atoms with E-state index in [1.54, 1.807) is 42.8 Å². The minimum atomic E-state index is -3.99. The average molecular weight is 365 g/mol. The molecule has 0 aliphatic heterocycles. The van der Waals surface area contributed by atoms with E-state index in [9.17, 15) is 13.2 Å². The van der Waals surface area contributed by atoms with Crippen molar-refractivity contribution >= 4 is 32.2 Å². The van der Waals surface area contributed by atoms with E-state index in [1.165, 1.54) is 0 Å². The molecular formula is C12H17BrN2O4S. The van der Waals surface area contributed by atoms with Crippen LogP contribution in [0.25, 0.3) is 0 Å². The van der Waals surface area contributed by atoms with Crippen LogP contribution in [-0.2, 0) is 14.9 Å². The SMILES string of the molecule is CC(C)OC(=O)NS(=O)(=O)NC(CBr)c1ccccc1. The van der Waals surface area contributed by atoms with E-state index < -0.39 is 28.4 Å². The molecule has 6 nitrogen and oxygen atoms in total. The van der Waals surface area contributed by atoms with Gasteiger partial charge in [0.1, 0.15) is 0 Å². The second-order valence-electron chi connectivity index (χ2n) is 4.29. The number of carbonyl (C=O) groups excluding carboxylic acids is 1. The number of hydrogen-bond donors (Lipinski definition) is 2. The van der Waals surface area contributed by atoms with Gasteiger partial charge in [-0.3, -0.25) is 0 Å². The van der Waals surface area contributed by atoms with Crippen LogP contribution in [0.5, 0.6) is 0 Å². The van der Waals surface area contributed by atoms with Crippen LogP contribution in [-0.4, -0.2) is 25.9 Å². The van der Waals surface area contributed by atoms with E-state index in [1.807, 2.05) is 6.07 Å². The van der Waals surface area contributed by atoms with E-state index in [2.05, 4.69) is 20.7 Å². The molecule has 0 spiro atoms. The summed E-state index contributed by atoms with van der Waals surface area (Å²) in [5, 5.41) is 0.372. The largest absolute Gasteiger partial charge is 0.446 e. The number of benzene rings is 1. The lowest BCUT2D eigenvalue weighted by Crippen LogP contribution is -2.43. The summed E-state index contributed by atoms with van der Waals surface area (Å²) in [5.74, 6) is 0. The summed E-state index contributed by atoms with van der Waals surface area (Å²) >= 11 is 3.24. The number of carbonyl (C=O) groups is 1. The Morgan fingerprint density at radius 3 is 2.40 bits per heavy atom. The van der Waals surface area contributed by atoms with Crippen molar-refractivity contribution < 1.29 is 17.9 Å². The summed E-state index contributed by atoms with van der Waals surface area (Å²) in [6.07, 6.45) is -1.40. The fourth-order valence-electron chi connectivity index (χ4n) is 1.44. The van der Waals surface area contributed by atoms with Gasteiger partial charge in [0, 0.05) is 5.33 Å². The average Bonchev–Trinajstić information content (AvgIpc) is 2.35. The molecule has 0 aromatic heterocycles. The second-order valence-corrected chi connectivity index (χ2v) is 6.39. The van der Waals surface area contributed by atoms with Crippen molar-refractivity contribution in [2.75, 3.05) is 5.33 Å². The zero-order chi connectivity index (χ0) is 15.2. The minimum absolute atomic E-state index is 0.372. The highest BCUT2D eigenvalue weighted by molar-refractivity contribution is 9.09. The van der Waals surface area contributed by atoms with Crippen LogP contribution in [0.1, 0.15) is 25.5 Å². The molecule has 1 aromatic carbocycles. The van der Waals surface area contributed by atoms with Crippen LogP contribution in [0.4, 0.5) is 4.79 Å². The lowest BCUT2D eigenvalue weighted by atomic mass is 10.1. The van der Waals surface area contributed by atoms with Crippen molar-refractivity contribution in [3.05, 3.63) is 35.9 Å². The van der Waals surface area contributed by atoms with Crippen molar-refractivity contribution in [3.63, 3.8) is 0 Å². The zero-order valence-electron chi connectivity index (χ0n) is 11.2. The summed E-state index contributed by atoms with van der Waals surface area (Å²) in [5.41, 5.74) is 0.784. The fourth-order valence-corrected chi connectivity index (χ4v) is 3.11. The topological polar surface area (TPSA) is 84.5 Å². The summed E-state index contributed by atoms with van der Waals surface area (Å²) in [4.78, 5) is 11.3. The summed E-state index contributed by atoms with van der Waals surface area (Å²) in [6, 6.07) is 8.54. The molecule has 0 bridgehead atoms. The number of hydrogen-bond acceptors (Lipinski definition) is 4. The van der Waals surface area contributed by atoms with E-state index in [4.69, 9.17) is 4.74 Å². The highest BCUT2D eigenvalue weighted by Gasteiger charge is 2.21. The standard InChI is InChI=1S/C12H17BrN2O4S/c1-9(2)19-12(16)15-20(17,18)14-11(8-13)10-6-4-3-5-7-10/h3-7,9,11,14H,8H2,1-2H3,(H,15,16). The predicted molar refractivity (Wildman–Crippen MR) is 79.8 cm³/mol. The van der Waals surface area contributed by atoms with E-state index >= 15 is 0 Å². The lowest BCUT2D eigenvalue weighted by molar-refractivity contribution is 0.121. The third-order valence-corrected chi connectivity index (χ3v) is 3.89. The first-order valence-electron chi connectivity index (χ1n) is 5.95. The minimum Gasteiger partial charge on any atom is -0.446 e. The number of amides is 1. The Hall–Kier alpha value is -1.12. The zero-order valence-corrected chi connectivity index (χ0v) is 13.6. The van der Waals surface area contributed by atoms with Crippen LogP contribution in [0.15, 0.2) is 30.3 Å². The molecule has 1 aromatic rings. The Balaban J connectivity index is 2.71. The third-order valence-electron chi connectivity index (χ3n) is 2.21. The summed E-state index contributed by atoms with van der Waals surface area (Å²) in [6.45, 7) is 3.26. The molecular weight excluding hydrogens is 348 g/mol. The quantitative estimate of drug-likeness (QED) is 0.756. The molecule has 1 unspecified atom stereocenters. The monoisotopic (exact) mass is 364 g/mol. The molecule has 0 heterocycles. The maximum atomic E-state index is 11.8. The Kier molecular flexibility index (Phi) is 6.44. The van der Waals surface area contributed by atoms with Gasteiger partial charge in [-0.05, 0) is 19.4 Å². The molecule has 0 saturated heterocycles. The van der Waals surface area contributed by atoms with Crippen molar-refractivity contribution in [2.24, 2.45) is 0 Å². The molecule has 1 atom stereocenters. The molecule has 2 N–H and O–H groups in total. The number of alkyl halides is 1. The molecule has 0 radical (unpaired) electrons. The van der Waals surface area contributed by atoms with E-state index in [0.717, 1.165) is 5.56 Å². The molecule has 1 rings (SSSR count). The van der Waals surface area contributed by atoms with Gasteiger partial charge in [0.05, 0.1) is 12.1 Å². The Labute approximate surface area is 127 Å². The maximum Gasteiger partial charge on any atom is 0.422 e. The van der Waals surface area contributed by atoms with Gasteiger partial charge in [-0.25, -0.2) is 9.52 Å². The van der Waals surface area contributed by atoms with Gasteiger partial charge < -0.3 is 4.74 Å². The number of ether oxygens (including phenoxy) is 1. The molecule has 0 saturated carbocycles. The predicted octanol–water partition coefficient (Wildman–Crippen LogP) is 2.09. The van der Waals surface area contributed by atoms with Crippen LogP contribution in [0, 0.1) is 0 Å². The van der Waals surface area contributed by atoms with Gasteiger partial charge in [0.2, 0.25) is 0 Å². The Morgan fingerprint density at radius 1 is 1.30 bits per heavy atom. The number of rotatable bonds is 6. The molecule has 20 heavy (non-hydrogen) atoms. The molecule has 112 valence electrons. The Bertz CT molecular complexity index is 534. The van der Waals surface area contributed by atoms with Gasteiger partial charge in [-0.15, -0.1) is 0 Å². The van der Waals surface area contributed by atoms with E-state index in [0.29, 0.717) is 5.33 Å². The van der Waals surface area contributed by atoms with Gasteiger partial charge in [-0.2, -0.15) is 13.1 Å². The van der Waals surface area contributed by atoms with Crippen molar-refractivity contribution in [3.8, 4) is 0 Å². The van der Waals surface area contributed by atoms with Gasteiger partial charge >= 0.3 is 16.3 Å². The van der Waals surface area contributed by atoms with E-state index in [-0.39, 0.29) is 0 Å². The first kappa shape index (κ1) is 16.9. The van der Waals surface area contributed by atoms with Gasteiger partial charge in [0.25, 0.3) is 0 Å². The first-order chi connectivity index (χ1) is 9.34. The molecule has 0 aliphatic rings. The van der Waals surface area contributed by atoms with Crippen molar-refractivity contribution in [2.45, 2.75) is 26.0 Å². The number of nitrogens with one attached hydrogen (secondary N) is 2. The van der Waals surface area contributed by atoms with Crippen molar-refractivity contribution in [1.82, 2.24) is 9.44 Å². The second kappa shape index (κ2) is 7.61. The normalized spacial score (nSPS) is 13.0. The first-order valence-corrected chi connectivity index (χ1v) is 8.56. The van der Waals surface area contributed by atoms with Crippen LogP contribution < -0.4 is 9.44 Å². The lowest BCUT2D eigenvalue weighted by Gasteiger charge is -2.17. The van der Waals surface area contributed by atoms with Crippen LogP contribution in [0.2, 0.25) is 0 Å². The number of halogens is 1. The van der Waals surface area contributed by atoms with Crippen LogP contribution >= 0.6 is 15.9 Å². The molecule has 0 fully saturated rings. The molecule has 8 heteroatoms. The maximum absolute atomic E-state index is 11.8. The Morgan fingerprint density at radius 2 is 1.90 bits per heavy atom. The van der Waals surface area contributed by atoms with Crippen molar-refractivity contribution in [1.29, 1.82) is 0 Å². The summed E-state index contributed by atoms with van der Waals surface area (Å²) in [7, 11) is -3.99. The van der Waals surface area contributed by atoms with Gasteiger partial charge in [0.15, 0.2) is 0 Å².